The molecule has 0 amide bonds. The maximum absolute atomic E-state index is 11.7. The molecule has 2 saturated carbocycles. The van der Waals surface area contributed by atoms with E-state index in [2.05, 4.69) is 11.6 Å². The van der Waals surface area contributed by atoms with Crippen LogP contribution in [0, 0.1) is 5.92 Å². The minimum Gasteiger partial charge on any atom is -0.468 e. The smallest absolute Gasteiger partial charge is 0.323 e. The van der Waals surface area contributed by atoms with Crippen molar-refractivity contribution in [3.8, 4) is 0 Å². The van der Waals surface area contributed by atoms with E-state index in [0.29, 0.717) is 12.0 Å². The van der Waals surface area contributed by atoms with Crippen LogP contribution in [0.1, 0.15) is 38.5 Å². The van der Waals surface area contributed by atoms with Gasteiger partial charge in [0.2, 0.25) is 0 Å². The lowest BCUT2D eigenvalue weighted by molar-refractivity contribution is -0.144. The minimum absolute atomic E-state index is 0.0504. The van der Waals surface area contributed by atoms with Gasteiger partial charge < -0.3 is 10.1 Å². The highest BCUT2D eigenvalue weighted by atomic mass is 32.2. The lowest BCUT2D eigenvalue weighted by Gasteiger charge is -2.31. The first-order valence-corrected chi connectivity index (χ1v) is 7.90. The monoisotopic (exact) mass is 257 g/mol. The first-order valence-electron chi connectivity index (χ1n) is 6.61. The number of thioether (sulfide) groups is 1. The van der Waals surface area contributed by atoms with Crippen LogP contribution in [0.25, 0.3) is 0 Å². The third-order valence-corrected chi connectivity index (χ3v) is 5.02. The summed E-state index contributed by atoms with van der Waals surface area (Å²) in [6.07, 6.45) is 9.54. The molecule has 0 saturated heterocycles. The van der Waals surface area contributed by atoms with Crippen molar-refractivity contribution in [1.29, 1.82) is 0 Å². The molecule has 2 rings (SSSR count). The predicted octanol–water partition coefficient (Wildman–Crippen LogP) is 2.20. The van der Waals surface area contributed by atoms with Gasteiger partial charge in [0.25, 0.3) is 0 Å². The number of hydrogen-bond acceptors (Lipinski definition) is 4. The highest BCUT2D eigenvalue weighted by Crippen LogP contribution is 2.35. The van der Waals surface area contributed by atoms with Crippen LogP contribution in [-0.4, -0.2) is 36.7 Å². The Bertz CT molecular complexity index is 268. The van der Waals surface area contributed by atoms with E-state index in [9.17, 15) is 4.79 Å². The van der Waals surface area contributed by atoms with Crippen LogP contribution in [0.15, 0.2) is 0 Å². The molecular formula is C13H23NO2S. The van der Waals surface area contributed by atoms with Crippen LogP contribution in [0.4, 0.5) is 0 Å². The molecule has 0 bridgehead atoms. The van der Waals surface area contributed by atoms with Crippen LogP contribution in [-0.2, 0) is 9.53 Å². The predicted molar refractivity (Wildman–Crippen MR) is 71.2 cm³/mol. The summed E-state index contributed by atoms with van der Waals surface area (Å²) < 4.78 is 4.90. The third-order valence-electron chi connectivity index (χ3n) is 3.92. The van der Waals surface area contributed by atoms with E-state index >= 15 is 0 Å². The van der Waals surface area contributed by atoms with Crippen LogP contribution < -0.4 is 5.32 Å². The van der Waals surface area contributed by atoms with Crippen molar-refractivity contribution in [1.82, 2.24) is 5.32 Å². The van der Waals surface area contributed by atoms with E-state index in [-0.39, 0.29) is 12.0 Å². The van der Waals surface area contributed by atoms with Crippen LogP contribution in [0.5, 0.6) is 0 Å². The molecule has 2 fully saturated rings. The summed E-state index contributed by atoms with van der Waals surface area (Å²) in [4.78, 5) is 11.7. The van der Waals surface area contributed by atoms with E-state index in [4.69, 9.17) is 4.74 Å². The second kappa shape index (κ2) is 6.10. The lowest BCUT2D eigenvalue weighted by atomic mass is 9.94. The second-order valence-corrected chi connectivity index (χ2v) is 6.36. The summed E-state index contributed by atoms with van der Waals surface area (Å²) in [6, 6.07) is 0.455. The van der Waals surface area contributed by atoms with Gasteiger partial charge in [0.1, 0.15) is 6.04 Å². The van der Waals surface area contributed by atoms with E-state index in [1.54, 1.807) is 0 Å². The Hall–Kier alpha value is -0.220. The zero-order valence-corrected chi connectivity index (χ0v) is 11.6. The molecule has 0 aromatic rings. The minimum atomic E-state index is -0.0706. The number of carbonyl (C=O) groups excluding carboxylic acids is 1. The molecule has 3 nitrogen and oxygen atoms in total. The third kappa shape index (κ3) is 3.62. The van der Waals surface area contributed by atoms with Crippen molar-refractivity contribution < 1.29 is 9.53 Å². The maximum Gasteiger partial charge on any atom is 0.323 e. The van der Waals surface area contributed by atoms with E-state index in [1.165, 1.54) is 45.6 Å². The van der Waals surface area contributed by atoms with Gasteiger partial charge in [0.15, 0.2) is 0 Å². The maximum atomic E-state index is 11.7. The van der Waals surface area contributed by atoms with Crippen molar-refractivity contribution in [2.75, 3.05) is 13.4 Å². The van der Waals surface area contributed by atoms with Gasteiger partial charge in [0, 0.05) is 11.3 Å². The Morgan fingerprint density at radius 3 is 2.71 bits per heavy atom. The number of esters is 1. The van der Waals surface area contributed by atoms with Gasteiger partial charge in [-0.1, -0.05) is 6.42 Å². The Morgan fingerprint density at radius 2 is 2.12 bits per heavy atom. The largest absolute Gasteiger partial charge is 0.468 e. The summed E-state index contributed by atoms with van der Waals surface area (Å²) in [5.41, 5.74) is 0. The first-order chi connectivity index (χ1) is 8.24. The summed E-state index contributed by atoms with van der Waals surface area (Å²) in [6.45, 7) is 0. The second-order valence-electron chi connectivity index (χ2n) is 5.23. The Labute approximate surface area is 108 Å². The zero-order valence-electron chi connectivity index (χ0n) is 10.8. The molecule has 0 spiro atoms. The van der Waals surface area contributed by atoms with Crippen molar-refractivity contribution >= 4 is 17.7 Å². The molecule has 0 heterocycles. The summed E-state index contributed by atoms with van der Waals surface area (Å²) in [5.74, 6) is 0.455. The van der Waals surface area contributed by atoms with Crippen LogP contribution >= 0.6 is 11.8 Å². The number of nitrogens with one attached hydrogen (secondary N) is 1. The topological polar surface area (TPSA) is 38.3 Å². The highest BCUT2D eigenvalue weighted by Gasteiger charge is 2.38. The molecule has 2 aliphatic rings. The lowest BCUT2D eigenvalue weighted by Crippen LogP contribution is -2.47. The van der Waals surface area contributed by atoms with Gasteiger partial charge in [-0.15, -0.1) is 0 Å². The zero-order chi connectivity index (χ0) is 12.3. The number of rotatable bonds is 5. The quantitative estimate of drug-likeness (QED) is 0.766. The number of ether oxygens (including phenoxy) is 1. The fourth-order valence-corrected chi connectivity index (χ4v) is 3.54. The summed E-state index contributed by atoms with van der Waals surface area (Å²) in [7, 11) is 1.49. The molecule has 0 radical (unpaired) electrons. The fraction of sp³-hybridized carbons (Fsp3) is 0.923. The fourth-order valence-electron chi connectivity index (χ4n) is 2.72. The molecule has 3 atom stereocenters. The van der Waals surface area contributed by atoms with Gasteiger partial charge in [-0.2, -0.15) is 11.8 Å². The average molecular weight is 257 g/mol. The van der Waals surface area contributed by atoms with Crippen molar-refractivity contribution in [2.45, 2.75) is 55.9 Å². The standard InChI is InChI=1S/C13H23NO2S/c1-16-13(15)12(9-6-7-9)14-10-4-3-5-11(8-10)17-2/h9-12,14H,3-8H2,1-2H3. The van der Waals surface area contributed by atoms with Gasteiger partial charge in [-0.25, -0.2) is 0 Å². The van der Waals surface area contributed by atoms with E-state index < -0.39 is 0 Å². The van der Waals surface area contributed by atoms with Crippen LogP contribution in [0.2, 0.25) is 0 Å². The Morgan fingerprint density at radius 1 is 1.35 bits per heavy atom. The molecule has 1 N–H and O–H groups in total. The molecule has 98 valence electrons. The molecule has 3 unspecified atom stereocenters. The average Bonchev–Trinajstić information content (AvgIpc) is 3.19. The Kier molecular flexibility index (Phi) is 4.74. The molecule has 0 aromatic heterocycles. The van der Waals surface area contributed by atoms with E-state index in [1.807, 2.05) is 11.8 Å². The van der Waals surface area contributed by atoms with E-state index in [0.717, 1.165) is 5.25 Å². The molecule has 4 heteroatoms. The first kappa shape index (κ1) is 13.2. The summed E-state index contributed by atoms with van der Waals surface area (Å²) >= 11 is 1.96. The number of methoxy groups -OCH3 is 1. The number of hydrogen-bond donors (Lipinski definition) is 1. The van der Waals surface area contributed by atoms with Gasteiger partial charge >= 0.3 is 5.97 Å². The molecular weight excluding hydrogens is 234 g/mol. The van der Waals surface area contributed by atoms with Gasteiger partial charge in [-0.05, 0) is 44.3 Å². The van der Waals surface area contributed by atoms with Crippen molar-refractivity contribution in [2.24, 2.45) is 5.92 Å². The van der Waals surface area contributed by atoms with Crippen molar-refractivity contribution in [3.05, 3.63) is 0 Å². The Balaban J connectivity index is 1.86. The highest BCUT2D eigenvalue weighted by molar-refractivity contribution is 7.99. The summed E-state index contributed by atoms with van der Waals surface area (Å²) in [5, 5.41) is 4.31. The van der Waals surface area contributed by atoms with Gasteiger partial charge in [0.05, 0.1) is 7.11 Å². The normalized spacial score (nSPS) is 30.9. The van der Waals surface area contributed by atoms with Crippen LogP contribution in [0.3, 0.4) is 0 Å². The molecule has 17 heavy (non-hydrogen) atoms. The SMILES string of the molecule is COC(=O)C(NC1CCCC(SC)C1)C1CC1. The number of carbonyl (C=O) groups is 1. The van der Waals surface area contributed by atoms with Gasteiger partial charge in [-0.3, -0.25) is 4.79 Å². The molecule has 2 aliphatic carbocycles. The molecule has 0 aliphatic heterocycles. The molecule has 0 aromatic carbocycles. The van der Waals surface area contributed by atoms with Crippen molar-refractivity contribution in [3.63, 3.8) is 0 Å².